The first kappa shape index (κ1) is 14.0. The Balaban J connectivity index is 2.39. The van der Waals surface area contributed by atoms with E-state index in [4.69, 9.17) is 0 Å². The normalized spacial score (nSPS) is 27.0. The lowest BCUT2D eigenvalue weighted by Gasteiger charge is -2.37. The van der Waals surface area contributed by atoms with Crippen molar-refractivity contribution in [2.75, 3.05) is 6.61 Å². The van der Waals surface area contributed by atoms with Crippen molar-refractivity contribution in [2.24, 2.45) is 11.3 Å². The Kier molecular flexibility index (Phi) is 5.26. The maximum atomic E-state index is 9.37. The number of hydrogen-bond donors (Lipinski definition) is 2. The summed E-state index contributed by atoms with van der Waals surface area (Å²) < 4.78 is 0. The third-order valence-corrected chi connectivity index (χ3v) is 3.65. The van der Waals surface area contributed by atoms with Crippen molar-refractivity contribution in [2.45, 2.75) is 71.9 Å². The Morgan fingerprint density at radius 2 is 2.06 bits per heavy atom. The molecule has 1 aliphatic carbocycles. The Bertz CT molecular complexity index is 201. The van der Waals surface area contributed by atoms with E-state index >= 15 is 0 Å². The van der Waals surface area contributed by atoms with E-state index in [9.17, 15) is 5.11 Å². The van der Waals surface area contributed by atoms with E-state index in [1.54, 1.807) is 0 Å². The van der Waals surface area contributed by atoms with E-state index in [1.165, 1.54) is 25.7 Å². The van der Waals surface area contributed by atoms with E-state index in [-0.39, 0.29) is 6.61 Å². The molecule has 16 heavy (non-hydrogen) atoms. The van der Waals surface area contributed by atoms with Crippen LogP contribution in [0.2, 0.25) is 0 Å². The molecular formula is C14H29NO. The molecule has 2 heteroatoms. The summed E-state index contributed by atoms with van der Waals surface area (Å²) in [5.41, 5.74) is 0.480. The van der Waals surface area contributed by atoms with Gasteiger partial charge in [-0.05, 0) is 37.0 Å². The van der Waals surface area contributed by atoms with E-state index in [1.807, 2.05) is 0 Å². The molecule has 2 atom stereocenters. The summed E-state index contributed by atoms with van der Waals surface area (Å²) in [6.45, 7) is 9.42. The van der Waals surface area contributed by atoms with Crippen LogP contribution >= 0.6 is 0 Å². The average Bonchev–Trinajstić information content (AvgIpc) is 2.14. The second-order valence-electron chi connectivity index (χ2n) is 6.63. The predicted molar refractivity (Wildman–Crippen MR) is 69.5 cm³/mol. The maximum Gasteiger partial charge on any atom is 0.0584 e. The lowest BCUT2D eigenvalue weighted by molar-refractivity contribution is 0.158. The summed E-state index contributed by atoms with van der Waals surface area (Å²) in [5.74, 6) is 0.654. The summed E-state index contributed by atoms with van der Waals surface area (Å²) in [7, 11) is 0. The van der Waals surface area contributed by atoms with Gasteiger partial charge in [0.1, 0.15) is 0 Å². The molecule has 2 nitrogen and oxygen atoms in total. The summed E-state index contributed by atoms with van der Waals surface area (Å²) in [6, 6.07) is 0.901. The SMILES string of the molecule is CC(C)CC(CO)NC1CCCC(C)(C)C1. The third-order valence-electron chi connectivity index (χ3n) is 3.65. The van der Waals surface area contributed by atoms with Crippen molar-refractivity contribution in [1.82, 2.24) is 5.32 Å². The molecule has 1 fully saturated rings. The van der Waals surface area contributed by atoms with Crippen molar-refractivity contribution < 1.29 is 5.11 Å². The molecule has 0 aromatic heterocycles. The number of nitrogens with one attached hydrogen (secondary N) is 1. The zero-order valence-corrected chi connectivity index (χ0v) is 11.4. The Hall–Kier alpha value is -0.0800. The molecule has 0 saturated heterocycles. The summed E-state index contributed by atoms with van der Waals surface area (Å²) >= 11 is 0. The van der Waals surface area contributed by atoms with Gasteiger partial charge in [-0.2, -0.15) is 0 Å². The zero-order valence-electron chi connectivity index (χ0n) is 11.4. The third kappa shape index (κ3) is 4.84. The van der Waals surface area contributed by atoms with E-state index in [0.717, 1.165) is 6.42 Å². The number of aliphatic hydroxyl groups excluding tert-OH is 1. The van der Waals surface area contributed by atoms with E-state index in [0.29, 0.717) is 23.4 Å². The second kappa shape index (κ2) is 6.02. The molecule has 1 saturated carbocycles. The van der Waals surface area contributed by atoms with Crippen LogP contribution in [0.3, 0.4) is 0 Å². The van der Waals surface area contributed by atoms with E-state index in [2.05, 4.69) is 33.0 Å². The maximum absolute atomic E-state index is 9.37. The highest BCUT2D eigenvalue weighted by molar-refractivity contribution is 4.85. The molecule has 0 spiro atoms. The van der Waals surface area contributed by atoms with Gasteiger partial charge in [0, 0.05) is 12.1 Å². The van der Waals surface area contributed by atoms with Gasteiger partial charge in [-0.1, -0.05) is 34.1 Å². The van der Waals surface area contributed by atoms with Gasteiger partial charge in [0.25, 0.3) is 0 Å². The molecule has 0 bridgehead atoms. The van der Waals surface area contributed by atoms with E-state index < -0.39 is 0 Å². The van der Waals surface area contributed by atoms with Gasteiger partial charge in [-0.25, -0.2) is 0 Å². The largest absolute Gasteiger partial charge is 0.395 e. The molecule has 0 aromatic rings. The molecule has 1 aliphatic rings. The van der Waals surface area contributed by atoms with Gasteiger partial charge in [0.15, 0.2) is 0 Å². The second-order valence-corrected chi connectivity index (χ2v) is 6.63. The van der Waals surface area contributed by atoms with Crippen molar-refractivity contribution in [3.63, 3.8) is 0 Å². The van der Waals surface area contributed by atoms with Gasteiger partial charge < -0.3 is 10.4 Å². The fourth-order valence-electron chi connectivity index (χ4n) is 2.94. The van der Waals surface area contributed by atoms with Crippen molar-refractivity contribution in [1.29, 1.82) is 0 Å². The molecule has 0 radical (unpaired) electrons. The lowest BCUT2D eigenvalue weighted by atomic mass is 9.75. The molecule has 2 N–H and O–H groups in total. The van der Waals surface area contributed by atoms with Gasteiger partial charge >= 0.3 is 0 Å². The van der Waals surface area contributed by atoms with Crippen LogP contribution in [-0.2, 0) is 0 Å². The van der Waals surface area contributed by atoms with Gasteiger partial charge in [-0.3, -0.25) is 0 Å². The Morgan fingerprint density at radius 3 is 2.56 bits per heavy atom. The molecule has 0 heterocycles. The van der Waals surface area contributed by atoms with Crippen LogP contribution in [0.25, 0.3) is 0 Å². The van der Waals surface area contributed by atoms with Crippen LogP contribution in [-0.4, -0.2) is 23.8 Å². The summed E-state index contributed by atoms with van der Waals surface area (Å²) in [6.07, 6.45) is 6.27. The first-order valence-electron chi connectivity index (χ1n) is 6.80. The highest BCUT2D eigenvalue weighted by Crippen LogP contribution is 2.35. The van der Waals surface area contributed by atoms with Crippen molar-refractivity contribution in [3.8, 4) is 0 Å². The van der Waals surface area contributed by atoms with Crippen LogP contribution in [0.1, 0.15) is 59.8 Å². The summed E-state index contributed by atoms with van der Waals surface area (Å²) in [4.78, 5) is 0. The fourth-order valence-corrected chi connectivity index (χ4v) is 2.94. The molecular weight excluding hydrogens is 198 g/mol. The van der Waals surface area contributed by atoms with Crippen LogP contribution in [0.5, 0.6) is 0 Å². The monoisotopic (exact) mass is 227 g/mol. The molecule has 2 unspecified atom stereocenters. The Labute approximate surface area is 101 Å². The molecule has 1 rings (SSSR count). The average molecular weight is 227 g/mol. The van der Waals surface area contributed by atoms with Crippen LogP contribution in [0.15, 0.2) is 0 Å². The number of hydrogen-bond acceptors (Lipinski definition) is 2. The number of aliphatic hydroxyl groups is 1. The van der Waals surface area contributed by atoms with Crippen LogP contribution in [0.4, 0.5) is 0 Å². The highest BCUT2D eigenvalue weighted by atomic mass is 16.3. The number of rotatable bonds is 5. The minimum atomic E-state index is 0.273. The van der Waals surface area contributed by atoms with Gasteiger partial charge in [-0.15, -0.1) is 0 Å². The summed E-state index contributed by atoms with van der Waals surface area (Å²) in [5, 5.41) is 13.0. The van der Waals surface area contributed by atoms with Crippen molar-refractivity contribution in [3.05, 3.63) is 0 Å². The fraction of sp³-hybridized carbons (Fsp3) is 1.00. The molecule has 96 valence electrons. The smallest absolute Gasteiger partial charge is 0.0584 e. The lowest BCUT2D eigenvalue weighted by Crippen LogP contribution is -2.45. The Morgan fingerprint density at radius 1 is 1.38 bits per heavy atom. The minimum absolute atomic E-state index is 0.273. The zero-order chi connectivity index (χ0) is 12.2. The van der Waals surface area contributed by atoms with Crippen molar-refractivity contribution >= 4 is 0 Å². The molecule has 0 aliphatic heterocycles. The first-order valence-corrected chi connectivity index (χ1v) is 6.80. The minimum Gasteiger partial charge on any atom is -0.395 e. The molecule has 0 aromatic carbocycles. The van der Waals surface area contributed by atoms with Gasteiger partial charge in [0.2, 0.25) is 0 Å². The topological polar surface area (TPSA) is 32.3 Å². The first-order chi connectivity index (χ1) is 7.43. The standard InChI is InChI=1S/C14H29NO/c1-11(2)8-13(10-16)15-12-6-5-7-14(3,4)9-12/h11-13,15-16H,5-10H2,1-4H3. The highest BCUT2D eigenvalue weighted by Gasteiger charge is 2.28. The van der Waals surface area contributed by atoms with Crippen LogP contribution in [0, 0.1) is 11.3 Å². The van der Waals surface area contributed by atoms with Crippen LogP contribution < -0.4 is 5.32 Å². The molecule has 0 amide bonds. The quantitative estimate of drug-likeness (QED) is 0.757. The van der Waals surface area contributed by atoms with Gasteiger partial charge in [0.05, 0.1) is 6.61 Å². The predicted octanol–water partition coefficient (Wildman–Crippen LogP) is 2.95.